The molecule has 2 rings (SSSR count). The lowest BCUT2D eigenvalue weighted by Gasteiger charge is -2.24. The number of carboxylic acid groups (broad SMARTS) is 1. The van der Waals surface area contributed by atoms with Crippen LogP contribution in [0.2, 0.25) is 0 Å². The lowest BCUT2D eigenvalue weighted by atomic mass is 10.0. The molecule has 0 unspecified atom stereocenters. The van der Waals surface area contributed by atoms with E-state index in [4.69, 9.17) is 0 Å². The van der Waals surface area contributed by atoms with Crippen LogP contribution in [0.5, 0.6) is 0 Å². The minimum atomic E-state index is -3.87. The first-order valence-electron chi connectivity index (χ1n) is 7.55. The number of hydrogen-bond acceptors (Lipinski definition) is 3. The van der Waals surface area contributed by atoms with Gasteiger partial charge < -0.3 is 5.11 Å². The Morgan fingerprint density at radius 3 is 2.25 bits per heavy atom. The molecule has 1 atom stereocenters. The molecule has 0 saturated heterocycles. The van der Waals surface area contributed by atoms with Crippen molar-refractivity contribution in [2.75, 3.05) is 7.05 Å². The number of aliphatic carboxylic acids is 1. The lowest BCUT2D eigenvalue weighted by molar-refractivity contribution is -0.141. The summed E-state index contributed by atoms with van der Waals surface area (Å²) in [7, 11) is -2.56. The van der Waals surface area contributed by atoms with E-state index >= 15 is 0 Å². The summed E-state index contributed by atoms with van der Waals surface area (Å²) < 4.78 is 26.2. The average Bonchev–Trinajstić information content (AvgIpc) is 2.55. The van der Waals surface area contributed by atoms with Crippen molar-refractivity contribution in [1.29, 1.82) is 0 Å². The van der Waals surface area contributed by atoms with E-state index in [1.807, 2.05) is 32.0 Å². The van der Waals surface area contributed by atoms with Gasteiger partial charge in [0.1, 0.15) is 6.04 Å². The topological polar surface area (TPSA) is 74.7 Å². The van der Waals surface area contributed by atoms with Crippen LogP contribution in [0.4, 0.5) is 0 Å². The fraction of sp³-hybridized carbons (Fsp3) is 0.278. The summed E-state index contributed by atoms with van der Waals surface area (Å²) in [4.78, 5) is 11.8. The summed E-state index contributed by atoms with van der Waals surface area (Å²) in [5.74, 6) is -1.17. The van der Waals surface area contributed by atoms with Crippen molar-refractivity contribution in [1.82, 2.24) is 4.31 Å². The Morgan fingerprint density at radius 2 is 1.71 bits per heavy atom. The second-order valence-electron chi connectivity index (χ2n) is 5.81. The van der Waals surface area contributed by atoms with Crippen LogP contribution in [-0.2, 0) is 21.2 Å². The molecule has 0 aromatic heterocycles. The number of carbonyl (C=O) groups is 1. The number of hydrogen-bond donors (Lipinski definition) is 1. The second-order valence-corrected chi connectivity index (χ2v) is 7.81. The molecule has 0 aliphatic rings. The first-order chi connectivity index (χ1) is 11.2. The third-order valence-electron chi connectivity index (χ3n) is 4.14. The molecule has 0 bridgehead atoms. The van der Waals surface area contributed by atoms with Crippen LogP contribution in [0, 0.1) is 13.8 Å². The van der Waals surface area contributed by atoms with Crippen molar-refractivity contribution in [2.24, 2.45) is 0 Å². The zero-order valence-electron chi connectivity index (χ0n) is 13.9. The maximum Gasteiger partial charge on any atom is 0.322 e. The molecular formula is C18H21NO4S. The second kappa shape index (κ2) is 7.15. The highest BCUT2D eigenvalue weighted by molar-refractivity contribution is 7.89. The Hall–Kier alpha value is -2.18. The summed E-state index contributed by atoms with van der Waals surface area (Å²) in [6, 6.07) is 12.3. The van der Waals surface area contributed by atoms with E-state index in [0.717, 1.165) is 21.0 Å². The maximum atomic E-state index is 12.7. The maximum absolute atomic E-state index is 12.7. The van der Waals surface area contributed by atoms with Gasteiger partial charge >= 0.3 is 5.97 Å². The molecule has 2 aromatic rings. The minimum absolute atomic E-state index is 0.0823. The van der Waals surface area contributed by atoms with E-state index in [0.29, 0.717) is 0 Å². The number of likely N-dealkylation sites (N-methyl/N-ethyl adjacent to an activating group) is 1. The monoisotopic (exact) mass is 347 g/mol. The number of carboxylic acids is 1. The Bertz CT molecular complexity index is 831. The standard InChI is InChI=1S/C18H21NO4S/c1-13-9-10-15(11-14(13)2)12-17(18(20)21)19(3)24(22,23)16-7-5-4-6-8-16/h4-11,17H,12H2,1-3H3,(H,20,21)/t17-/m0/s1. The van der Waals surface area contributed by atoms with Crippen LogP contribution >= 0.6 is 0 Å². The smallest absolute Gasteiger partial charge is 0.322 e. The Labute approximate surface area is 142 Å². The largest absolute Gasteiger partial charge is 0.480 e. The van der Waals surface area contributed by atoms with Gasteiger partial charge in [-0.2, -0.15) is 4.31 Å². The Balaban J connectivity index is 2.33. The van der Waals surface area contributed by atoms with Gasteiger partial charge in [0.2, 0.25) is 10.0 Å². The van der Waals surface area contributed by atoms with Crippen molar-refractivity contribution in [2.45, 2.75) is 31.2 Å². The fourth-order valence-electron chi connectivity index (χ4n) is 2.45. The molecule has 1 N–H and O–H groups in total. The van der Waals surface area contributed by atoms with E-state index in [1.54, 1.807) is 18.2 Å². The molecule has 0 heterocycles. The fourth-order valence-corrected chi connectivity index (χ4v) is 3.78. The first-order valence-corrected chi connectivity index (χ1v) is 8.99. The van der Waals surface area contributed by atoms with Gasteiger partial charge in [0.05, 0.1) is 4.90 Å². The van der Waals surface area contributed by atoms with Crippen LogP contribution in [0.25, 0.3) is 0 Å². The van der Waals surface area contributed by atoms with Crippen molar-refractivity contribution < 1.29 is 18.3 Å². The SMILES string of the molecule is Cc1ccc(C[C@@H](C(=O)O)N(C)S(=O)(=O)c2ccccc2)cc1C. The van der Waals surface area contributed by atoms with Gasteiger partial charge in [-0.3, -0.25) is 4.79 Å². The summed E-state index contributed by atoms with van der Waals surface area (Å²) in [6.07, 6.45) is 0.110. The predicted octanol–water partition coefficient (Wildman–Crippen LogP) is 2.62. The van der Waals surface area contributed by atoms with Crippen molar-refractivity contribution in [3.8, 4) is 0 Å². The summed E-state index contributed by atoms with van der Waals surface area (Å²) in [5, 5.41) is 9.53. The first kappa shape index (κ1) is 18.2. The highest BCUT2D eigenvalue weighted by Gasteiger charge is 2.32. The van der Waals surface area contributed by atoms with Crippen LogP contribution in [-0.4, -0.2) is 36.9 Å². The summed E-state index contributed by atoms with van der Waals surface area (Å²) >= 11 is 0. The molecule has 6 heteroatoms. The van der Waals surface area contributed by atoms with Gasteiger partial charge in [-0.25, -0.2) is 8.42 Å². The summed E-state index contributed by atoms with van der Waals surface area (Å²) in [6.45, 7) is 3.92. The Morgan fingerprint density at radius 1 is 1.08 bits per heavy atom. The van der Waals surface area contributed by atoms with Crippen LogP contribution in [0.1, 0.15) is 16.7 Å². The molecule has 0 saturated carbocycles. The molecule has 0 spiro atoms. The van der Waals surface area contributed by atoms with E-state index in [1.165, 1.54) is 19.2 Å². The van der Waals surface area contributed by atoms with Crippen molar-refractivity contribution in [3.63, 3.8) is 0 Å². The predicted molar refractivity (Wildman–Crippen MR) is 92.4 cm³/mol. The van der Waals surface area contributed by atoms with Crippen molar-refractivity contribution in [3.05, 3.63) is 65.2 Å². The van der Waals surface area contributed by atoms with E-state index in [-0.39, 0.29) is 11.3 Å². The van der Waals surface area contributed by atoms with Gasteiger partial charge in [0.15, 0.2) is 0 Å². The number of rotatable bonds is 6. The normalized spacial score (nSPS) is 13.0. The van der Waals surface area contributed by atoms with Crippen molar-refractivity contribution >= 4 is 16.0 Å². The van der Waals surface area contributed by atoms with E-state index in [9.17, 15) is 18.3 Å². The molecule has 2 aromatic carbocycles. The third kappa shape index (κ3) is 3.83. The van der Waals surface area contributed by atoms with Gasteiger partial charge in [0.25, 0.3) is 0 Å². The molecule has 0 radical (unpaired) electrons. The number of nitrogens with zero attached hydrogens (tertiary/aromatic N) is 1. The third-order valence-corrected chi connectivity index (χ3v) is 6.03. The lowest BCUT2D eigenvalue weighted by Crippen LogP contribution is -2.43. The molecule has 0 amide bonds. The minimum Gasteiger partial charge on any atom is -0.480 e. The van der Waals surface area contributed by atoms with E-state index < -0.39 is 22.0 Å². The van der Waals surface area contributed by atoms with Crippen LogP contribution in [0.15, 0.2) is 53.4 Å². The number of aryl methyl sites for hydroxylation is 2. The van der Waals surface area contributed by atoms with Gasteiger partial charge in [-0.15, -0.1) is 0 Å². The molecule has 5 nitrogen and oxygen atoms in total. The Kier molecular flexibility index (Phi) is 5.41. The average molecular weight is 347 g/mol. The molecule has 24 heavy (non-hydrogen) atoms. The van der Waals surface area contributed by atoms with Gasteiger partial charge in [-0.1, -0.05) is 36.4 Å². The molecule has 0 fully saturated rings. The molecule has 0 aliphatic heterocycles. The quantitative estimate of drug-likeness (QED) is 0.872. The van der Waals surface area contributed by atoms with Gasteiger partial charge in [-0.05, 0) is 49.1 Å². The molecule has 128 valence electrons. The zero-order chi connectivity index (χ0) is 17.9. The molecular weight excluding hydrogens is 326 g/mol. The molecule has 0 aliphatic carbocycles. The summed E-state index contributed by atoms with van der Waals surface area (Å²) in [5.41, 5.74) is 2.95. The van der Waals surface area contributed by atoms with Gasteiger partial charge in [0, 0.05) is 7.05 Å². The zero-order valence-corrected chi connectivity index (χ0v) is 14.7. The van der Waals surface area contributed by atoms with E-state index in [2.05, 4.69) is 0 Å². The highest BCUT2D eigenvalue weighted by Crippen LogP contribution is 2.20. The van der Waals surface area contributed by atoms with Crippen LogP contribution in [0.3, 0.4) is 0 Å². The highest BCUT2D eigenvalue weighted by atomic mass is 32.2. The van der Waals surface area contributed by atoms with Crippen LogP contribution < -0.4 is 0 Å². The number of sulfonamides is 1. The number of benzene rings is 2.